The van der Waals surface area contributed by atoms with Gasteiger partial charge in [-0.15, -0.1) is 0 Å². The number of nitrogens with zero attached hydrogens (tertiary/aromatic N) is 1. The second kappa shape index (κ2) is 8.08. The van der Waals surface area contributed by atoms with Crippen molar-refractivity contribution in [2.75, 3.05) is 6.61 Å². The maximum Gasteiger partial charge on any atom is 0.277 e. The smallest absolute Gasteiger partial charge is 0.277 e. The first kappa shape index (κ1) is 16.7. The minimum Gasteiger partial charge on any atom is -0.484 e. The van der Waals surface area contributed by atoms with Gasteiger partial charge < -0.3 is 4.74 Å². The van der Waals surface area contributed by atoms with Gasteiger partial charge >= 0.3 is 0 Å². The van der Waals surface area contributed by atoms with Gasteiger partial charge in [0.15, 0.2) is 6.61 Å². The van der Waals surface area contributed by atoms with Crippen LogP contribution in [0.3, 0.4) is 0 Å². The molecule has 0 bridgehead atoms. The van der Waals surface area contributed by atoms with Gasteiger partial charge in [0.1, 0.15) is 11.6 Å². The van der Waals surface area contributed by atoms with Gasteiger partial charge in [-0.3, -0.25) is 4.79 Å². The monoisotopic (exact) mass is 314 g/mol. The summed E-state index contributed by atoms with van der Waals surface area (Å²) in [6, 6.07) is 13.6. The first-order valence-corrected chi connectivity index (χ1v) is 7.39. The molecule has 0 saturated carbocycles. The van der Waals surface area contributed by atoms with Crippen LogP contribution in [0, 0.1) is 12.7 Å². The van der Waals surface area contributed by atoms with Gasteiger partial charge in [0.2, 0.25) is 0 Å². The van der Waals surface area contributed by atoms with Crippen molar-refractivity contribution in [3.63, 3.8) is 0 Å². The van der Waals surface area contributed by atoms with Crippen LogP contribution < -0.4 is 10.2 Å². The van der Waals surface area contributed by atoms with E-state index in [0.29, 0.717) is 12.2 Å². The van der Waals surface area contributed by atoms with E-state index in [0.717, 1.165) is 16.8 Å². The lowest BCUT2D eigenvalue weighted by molar-refractivity contribution is -0.123. The molecule has 1 N–H and O–H groups in total. The molecule has 0 saturated heterocycles. The Morgan fingerprint density at radius 2 is 1.96 bits per heavy atom. The van der Waals surface area contributed by atoms with E-state index in [-0.39, 0.29) is 6.61 Å². The number of hydrogen-bond donors (Lipinski definition) is 1. The summed E-state index contributed by atoms with van der Waals surface area (Å²) < 4.78 is 18.2. The van der Waals surface area contributed by atoms with Crippen LogP contribution in [0.2, 0.25) is 0 Å². The predicted molar refractivity (Wildman–Crippen MR) is 88.0 cm³/mol. The zero-order chi connectivity index (χ0) is 16.7. The lowest BCUT2D eigenvalue weighted by Crippen LogP contribution is -2.26. The van der Waals surface area contributed by atoms with Gasteiger partial charge in [-0.2, -0.15) is 5.10 Å². The highest BCUT2D eigenvalue weighted by Crippen LogP contribution is 2.11. The Morgan fingerprint density at radius 3 is 2.61 bits per heavy atom. The third-order valence-corrected chi connectivity index (χ3v) is 3.20. The zero-order valence-electron chi connectivity index (χ0n) is 13.2. The number of amides is 1. The number of aryl methyl sites for hydroxylation is 1. The molecule has 0 aliphatic rings. The fourth-order valence-electron chi connectivity index (χ4n) is 1.96. The quantitative estimate of drug-likeness (QED) is 0.656. The van der Waals surface area contributed by atoms with Crippen molar-refractivity contribution in [3.05, 3.63) is 65.5 Å². The van der Waals surface area contributed by atoms with Crippen molar-refractivity contribution in [2.45, 2.75) is 20.3 Å². The topological polar surface area (TPSA) is 50.7 Å². The summed E-state index contributed by atoms with van der Waals surface area (Å²) in [5.41, 5.74) is 5.37. The average Bonchev–Trinajstić information content (AvgIpc) is 2.55. The van der Waals surface area contributed by atoms with Crippen molar-refractivity contribution in [2.24, 2.45) is 5.10 Å². The second-order valence-corrected chi connectivity index (χ2v) is 5.06. The molecular weight excluding hydrogens is 295 g/mol. The molecule has 1 amide bonds. The molecule has 0 heterocycles. The molecule has 0 aromatic heterocycles. The highest BCUT2D eigenvalue weighted by Gasteiger charge is 2.05. The summed E-state index contributed by atoms with van der Waals surface area (Å²) >= 11 is 0. The Hall–Kier alpha value is -2.69. The molecule has 0 radical (unpaired) electrons. The molecule has 2 rings (SSSR count). The summed E-state index contributed by atoms with van der Waals surface area (Å²) in [6.07, 6.45) is 0.689. The summed E-state index contributed by atoms with van der Waals surface area (Å²) in [7, 11) is 0. The number of halogens is 1. The van der Waals surface area contributed by atoms with Gasteiger partial charge in [0.25, 0.3) is 5.91 Å². The normalized spacial score (nSPS) is 11.2. The van der Waals surface area contributed by atoms with E-state index in [1.165, 1.54) is 18.2 Å². The zero-order valence-corrected chi connectivity index (χ0v) is 13.2. The van der Waals surface area contributed by atoms with Gasteiger partial charge in [0, 0.05) is 6.07 Å². The van der Waals surface area contributed by atoms with E-state index in [9.17, 15) is 9.18 Å². The van der Waals surface area contributed by atoms with Crippen LogP contribution in [0.1, 0.15) is 24.5 Å². The summed E-state index contributed by atoms with van der Waals surface area (Å²) in [5, 5.41) is 4.13. The number of benzene rings is 2. The van der Waals surface area contributed by atoms with Crippen LogP contribution in [-0.2, 0) is 4.79 Å². The van der Waals surface area contributed by atoms with Crippen LogP contribution in [0.25, 0.3) is 0 Å². The Balaban J connectivity index is 1.92. The highest BCUT2D eigenvalue weighted by molar-refractivity contribution is 6.00. The Labute approximate surface area is 135 Å². The number of nitrogens with one attached hydrogen (secondary N) is 1. The molecule has 0 aliphatic heterocycles. The maximum absolute atomic E-state index is 13.0. The fourth-order valence-corrected chi connectivity index (χ4v) is 1.96. The van der Waals surface area contributed by atoms with Crippen LogP contribution in [0.15, 0.2) is 53.6 Å². The number of ether oxygens (including phenoxy) is 1. The second-order valence-electron chi connectivity index (χ2n) is 5.06. The molecule has 23 heavy (non-hydrogen) atoms. The van der Waals surface area contributed by atoms with Crippen molar-refractivity contribution < 1.29 is 13.9 Å². The number of hydrogen-bond acceptors (Lipinski definition) is 3. The van der Waals surface area contributed by atoms with E-state index in [2.05, 4.69) is 10.5 Å². The van der Waals surface area contributed by atoms with E-state index in [1.54, 1.807) is 6.07 Å². The number of rotatable bonds is 6. The predicted octanol–water partition coefficient (Wildman–Crippen LogP) is 3.44. The molecule has 0 unspecified atom stereocenters. The van der Waals surface area contributed by atoms with Crippen LogP contribution in [0.4, 0.5) is 4.39 Å². The minimum absolute atomic E-state index is 0.224. The van der Waals surface area contributed by atoms with Gasteiger partial charge in [-0.25, -0.2) is 9.82 Å². The molecule has 5 heteroatoms. The van der Waals surface area contributed by atoms with Crippen LogP contribution in [0.5, 0.6) is 5.75 Å². The largest absolute Gasteiger partial charge is 0.484 e. The standard InChI is InChI=1S/C18H19FN2O2/c1-3-17(14-9-7-13(2)8-10-14)20-21-18(22)12-23-16-6-4-5-15(19)11-16/h4-11H,3,12H2,1-2H3,(H,21,22)/b20-17-. The van der Waals surface area contributed by atoms with Crippen molar-refractivity contribution in [1.82, 2.24) is 5.43 Å². The van der Waals surface area contributed by atoms with E-state index < -0.39 is 11.7 Å². The summed E-state index contributed by atoms with van der Waals surface area (Å²) in [4.78, 5) is 11.8. The molecule has 0 spiro atoms. The van der Waals surface area contributed by atoms with Crippen LogP contribution >= 0.6 is 0 Å². The molecule has 120 valence electrons. The Bertz CT molecular complexity index is 696. The van der Waals surface area contributed by atoms with Gasteiger partial charge in [-0.05, 0) is 31.0 Å². The van der Waals surface area contributed by atoms with Gasteiger partial charge in [-0.1, -0.05) is 42.8 Å². The molecular formula is C18H19FN2O2. The average molecular weight is 314 g/mol. The number of carbonyl (C=O) groups is 1. The summed E-state index contributed by atoms with van der Waals surface area (Å²) in [5.74, 6) is -0.501. The van der Waals surface area contributed by atoms with Crippen molar-refractivity contribution >= 4 is 11.6 Å². The summed E-state index contributed by atoms with van der Waals surface area (Å²) in [6.45, 7) is 3.75. The number of hydrazone groups is 1. The molecule has 0 atom stereocenters. The molecule has 0 aliphatic carbocycles. The SMILES string of the molecule is CC/C(=N/NC(=O)COc1cccc(F)c1)c1ccc(C)cc1. The number of carbonyl (C=O) groups excluding carboxylic acids is 1. The maximum atomic E-state index is 13.0. The Morgan fingerprint density at radius 1 is 1.22 bits per heavy atom. The first-order chi connectivity index (χ1) is 11.1. The lowest BCUT2D eigenvalue weighted by atomic mass is 10.1. The third kappa shape index (κ3) is 5.21. The van der Waals surface area contributed by atoms with Crippen molar-refractivity contribution in [1.29, 1.82) is 0 Å². The highest BCUT2D eigenvalue weighted by atomic mass is 19.1. The fraction of sp³-hybridized carbons (Fsp3) is 0.222. The lowest BCUT2D eigenvalue weighted by Gasteiger charge is -2.07. The van der Waals surface area contributed by atoms with Crippen molar-refractivity contribution in [3.8, 4) is 5.75 Å². The molecule has 2 aromatic carbocycles. The van der Waals surface area contributed by atoms with E-state index >= 15 is 0 Å². The van der Waals surface area contributed by atoms with E-state index in [4.69, 9.17) is 4.74 Å². The third-order valence-electron chi connectivity index (χ3n) is 3.20. The van der Waals surface area contributed by atoms with E-state index in [1.807, 2.05) is 38.1 Å². The molecule has 0 fully saturated rings. The Kier molecular flexibility index (Phi) is 5.86. The van der Waals surface area contributed by atoms with Crippen LogP contribution in [-0.4, -0.2) is 18.2 Å². The van der Waals surface area contributed by atoms with Gasteiger partial charge in [0.05, 0.1) is 5.71 Å². The first-order valence-electron chi connectivity index (χ1n) is 7.39. The minimum atomic E-state index is -0.409. The molecule has 2 aromatic rings. The molecule has 4 nitrogen and oxygen atoms in total.